The number of aromatic carboxylic acids is 2. The van der Waals surface area contributed by atoms with E-state index in [4.69, 9.17) is 10.2 Å². The molecule has 3 aromatic heterocycles. The van der Waals surface area contributed by atoms with Gasteiger partial charge >= 0.3 is 26.0 Å². The van der Waals surface area contributed by atoms with Gasteiger partial charge in [-0.05, 0) is 204 Å². The molecule has 0 spiro atoms. The van der Waals surface area contributed by atoms with Gasteiger partial charge < -0.3 is 61.4 Å². The summed E-state index contributed by atoms with van der Waals surface area (Å²) in [4.78, 5) is 76.8. The van der Waals surface area contributed by atoms with Gasteiger partial charge in [-0.2, -0.15) is 0 Å². The van der Waals surface area contributed by atoms with Crippen molar-refractivity contribution in [3.05, 3.63) is 259 Å². The molecule has 0 atom stereocenters. The van der Waals surface area contributed by atoms with Crippen molar-refractivity contribution in [1.29, 1.82) is 0 Å². The highest BCUT2D eigenvalue weighted by Gasteiger charge is 2.18. The van der Waals surface area contributed by atoms with E-state index in [9.17, 15) is 34.0 Å². The van der Waals surface area contributed by atoms with E-state index in [0.29, 0.717) is 39.3 Å². The molecule has 20 nitrogen and oxygen atoms in total. The summed E-state index contributed by atoms with van der Waals surface area (Å²) < 4.78 is 0. The summed E-state index contributed by atoms with van der Waals surface area (Å²) in [5, 5.41) is 53.6. The van der Waals surface area contributed by atoms with E-state index >= 15 is 0 Å². The molecule has 11 aromatic rings. The normalized spacial score (nSPS) is 11.4. The largest absolute Gasteiger partial charge is 0.478 e. The van der Waals surface area contributed by atoms with Crippen LogP contribution in [0.4, 0.5) is 45.5 Å². The monoisotopic (exact) mass is 1310 g/mol. The van der Waals surface area contributed by atoms with E-state index < -0.39 is 26.0 Å². The number of carboxylic acid groups (broad SMARTS) is 2. The molecule has 500 valence electrons. The molecule has 0 aliphatic heterocycles. The zero-order chi connectivity index (χ0) is 70.1. The second-order valence-corrected chi connectivity index (χ2v) is 23.4. The van der Waals surface area contributed by atoms with Gasteiger partial charge in [-0.25, -0.2) is 9.59 Å². The molecule has 1 saturated carbocycles. The fraction of sp³-hybridized carbons (Fsp3) is 0.184. The SMILES string of the molecule is CB(O)N(C)c1ccc(C(=O)Nc2cnc3ccccc3c2)cc1.CB(O)N(C)c1ccc(C(=O)O)cc1.CN(CC1CCCCC1)c1ccc(C(=O)Nc2cnc3ccccc3c2)cc1.CNc1ccc(C(=O)Nc2cnc3ccccc3c2)cc1.CNc1ccc(C(=O)O)cc1. The molecule has 3 heterocycles. The Kier molecular flexibility index (Phi) is 26.4. The van der Waals surface area contributed by atoms with Gasteiger partial charge in [0.05, 0.1) is 63.3 Å². The fourth-order valence-corrected chi connectivity index (χ4v) is 10.4. The lowest BCUT2D eigenvalue weighted by Crippen LogP contribution is -2.32. The van der Waals surface area contributed by atoms with Crippen LogP contribution >= 0.6 is 0 Å². The summed E-state index contributed by atoms with van der Waals surface area (Å²) in [5.74, 6) is -1.50. The van der Waals surface area contributed by atoms with E-state index in [2.05, 4.69) is 53.5 Å². The highest BCUT2D eigenvalue weighted by molar-refractivity contribution is 6.54. The molecule has 9 N–H and O–H groups in total. The summed E-state index contributed by atoms with van der Waals surface area (Å²) in [7, 11) is 8.12. The average Bonchev–Trinajstić information content (AvgIpc) is 0.861. The molecule has 1 aliphatic rings. The summed E-state index contributed by atoms with van der Waals surface area (Å²) in [6, 6.07) is 64.4. The molecule has 12 rings (SSSR count). The average molecular weight is 1310 g/mol. The minimum atomic E-state index is -0.948. The summed E-state index contributed by atoms with van der Waals surface area (Å²) >= 11 is 0. The van der Waals surface area contributed by atoms with Crippen LogP contribution in [0.1, 0.15) is 83.9 Å². The lowest BCUT2D eigenvalue weighted by molar-refractivity contribution is 0.0686. The Labute approximate surface area is 571 Å². The first-order chi connectivity index (χ1) is 47.2. The maximum atomic E-state index is 12.6. The van der Waals surface area contributed by atoms with Crippen LogP contribution < -0.4 is 41.1 Å². The van der Waals surface area contributed by atoms with E-state index in [-0.39, 0.29) is 23.3 Å². The number of carbonyl (C=O) groups is 5. The van der Waals surface area contributed by atoms with Crippen molar-refractivity contribution in [1.82, 2.24) is 15.0 Å². The van der Waals surface area contributed by atoms with Crippen LogP contribution in [-0.4, -0.2) is 121 Å². The Morgan fingerprint density at radius 1 is 0.408 bits per heavy atom. The van der Waals surface area contributed by atoms with Crippen molar-refractivity contribution in [2.75, 3.05) is 82.9 Å². The third-order valence-electron chi connectivity index (χ3n) is 16.4. The third kappa shape index (κ3) is 21.2. The number of aromatic nitrogens is 3. The zero-order valence-corrected chi connectivity index (χ0v) is 55.9. The van der Waals surface area contributed by atoms with Crippen molar-refractivity contribution >= 4 is 122 Å². The van der Waals surface area contributed by atoms with E-state index in [0.717, 1.165) is 73.6 Å². The molecule has 1 fully saturated rings. The second kappa shape index (κ2) is 35.8. The van der Waals surface area contributed by atoms with Crippen molar-refractivity contribution < 1.29 is 44.2 Å². The van der Waals surface area contributed by atoms with Crippen molar-refractivity contribution in [2.24, 2.45) is 5.92 Å². The minimum Gasteiger partial charge on any atom is -0.478 e. The number of benzene rings is 8. The fourth-order valence-electron chi connectivity index (χ4n) is 10.4. The van der Waals surface area contributed by atoms with Crippen LogP contribution in [0.3, 0.4) is 0 Å². The van der Waals surface area contributed by atoms with Crippen LogP contribution in [0, 0.1) is 5.92 Å². The van der Waals surface area contributed by atoms with Gasteiger partial charge in [0.25, 0.3) is 17.7 Å². The highest BCUT2D eigenvalue weighted by atomic mass is 16.4. The first-order valence-electron chi connectivity index (χ1n) is 32.1. The number of para-hydroxylation sites is 3. The van der Waals surface area contributed by atoms with Gasteiger partial charge in [0, 0.05) is 89.0 Å². The zero-order valence-electron chi connectivity index (χ0n) is 55.9. The molecule has 0 radical (unpaired) electrons. The summed E-state index contributed by atoms with van der Waals surface area (Å²) in [6.07, 6.45) is 11.8. The van der Waals surface area contributed by atoms with Gasteiger partial charge in [-0.15, -0.1) is 0 Å². The number of carboxylic acids is 2. The number of nitrogens with zero attached hydrogens (tertiary/aromatic N) is 6. The molecular weight excluding hydrogens is 1230 g/mol. The number of nitrogens with one attached hydrogen (secondary N) is 5. The number of anilines is 8. The Balaban J connectivity index is 0.000000162. The number of carbonyl (C=O) groups excluding carboxylic acids is 3. The van der Waals surface area contributed by atoms with Crippen LogP contribution in [0.2, 0.25) is 13.6 Å². The van der Waals surface area contributed by atoms with Gasteiger partial charge in [0.1, 0.15) is 0 Å². The first-order valence-corrected chi connectivity index (χ1v) is 32.1. The molecule has 0 bridgehead atoms. The number of amides is 3. The standard InChI is InChI=1S/C24H27N3O.C18H18BN3O2.C17H15N3O.C9H12BNO3.C8H9NO2/c1-27(17-18-7-3-2-4-8-18)22-13-11-19(12-14-22)24(28)26-21-15-20-9-5-6-10-23(20)25-16-21;1-19(24)22(2)16-9-7-13(8-10-16)18(23)21-15-11-14-5-3-4-6-17(14)20-12-15;1-18-14-8-6-12(7-9-14)17(21)20-15-10-13-4-2-3-5-16(13)19-11-15;1-10(14)11(2)8-5-3-7(4-6-8)9(12)13;1-9-7-4-2-6(3-5-7)8(10)11/h5-6,9-16,18H,2-4,7-8,17H2,1H3,(H,26,28);3-12,24H,1-2H3,(H,21,23);2-11,18H,1H3,(H,20,21);3-6,14H,1-2H3,(H,12,13);2-5,9H,1H3,(H,10,11). The second-order valence-electron chi connectivity index (χ2n) is 23.4. The smallest absolute Gasteiger partial charge is 0.409 e. The number of hydrogen-bond donors (Lipinski definition) is 9. The predicted octanol–water partition coefficient (Wildman–Crippen LogP) is 14.4. The van der Waals surface area contributed by atoms with E-state index in [1.54, 1.807) is 136 Å². The topological polar surface area (TPSA) is 275 Å². The molecule has 98 heavy (non-hydrogen) atoms. The van der Waals surface area contributed by atoms with Crippen LogP contribution in [0.15, 0.2) is 231 Å². The molecule has 0 unspecified atom stereocenters. The maximum Gasteiger partial charge on any atom is 0.409 e. The molecular formula is C76H81B2N11O9. The van der Waals surface area contributed by atoms with E-state index in [1.807, 2.05) is 134 Å². The van der Waals surface area contributed by atoms with Crippen LogP contribution in [0.5, 0.6) is 0 Å². The van der Waals surface area contributed by atoms with Gasteiger partial charge in [0.15, 0.2) is 0 Å². The van der Waals surface area contributed by atoms with Crippen molar-refractivity contribution in [2.45, 2.75) is 45.8 Å². The van der Waals surface area contributed by atoms with Crippen molar-refractivity contribution in [3.8, 4) is 0 Å². The van der Waals surface area contributed by atoms with Crippen LogP contribution in [-0.2, 0) is 0 Å². The van der Waals surface area contributed by atoms with Gasteiger partial charge in [-0.3, -0.25) is 29.3 Å². The summed E-state index contributed by atoms with van der Waals surface area (Å²) in [6.45, 7) is 4.42. The molecule has 8 aromatic carbocycles. The number of hydrogen-bond acceptors (Lipinski definition) is 15. The first kappa shape index (κ1) is 72.2. The quantitative estimate of drug-likeness (QED) is 0.0383. The van der Waals surface area contributed by atoms with Crippen LogP contribution in [0.25, 0.3) is 32.7 Å². The Morgan fingerprint density at radius 3 is 1.02 bits per heavy atom. The number of pyridine rings is 3. The van der Waals surface area contributed by atoms with Gasteiger partial charge in [-0.1, -0.05) is 73.9 Å². The summed E-state index contributed by atoms with van der Waals surface area (Å²) in [5.41, 5.74) is 11.8. The highest BCUT2D eigenvalue weighted by Crippen LogP contribution is 2.27. The van der Waals surface area contributed by atoms with Gasteiger partial charge in [0.2, 0.25) is 0 Å². The number of rotatable bonds is 17. The number of fused-ring (bicyclic) bond motifs is 3. The lowest BCUT2D eigenvalue weighted by atomic mass is 9.85. The lowest BCUT2D eigenvalue weighted by Gasteiger charge is -2.28. The maximum absolute atomic E-state index is 12.6. The Bertz CT molecular complexity index is 4430. The predicted molar refractivity (Wildman–Crippen MR) is 399 cm³/mol. The van der Waals surface area contributed by atoms with E-state index in [1.165, 1.54) is 44.2 Å². The minimum absolute atomic E-state index is 0.112. The Morgan fingerprint density at radius 2 is 0.704 bits per heavy atom. The Hall–Kier alpha value is -11.6. The molecule has 22 heteroatoms. The van der Waals surface area contributed by atoms with Crippen molar-refractivity contribution in [3.63, 3.8) is 0 Å². The molecule has 3 amide bonds. The molecule has 1 aliphatic carbocycles. The molecule has 0 saturated heterocycles. The third-order valence-corrected chi connectivity index (χ3v) is 16.4.